The summed E-state index contributed by atoms with van der Waals surface area (Å²) in [5.74, 6) is -1.40. The van der Waals surface area contributed by atoms with Crippen LogP contribution in [0.3, 0.4) is 0 Å². The Labute approximate surface area is 116 Å². The number of urea groups is 1. The number of anilines is 1. The number of aromatic hydroxyl groups is 1. The van der Waals surface area contributed by atoms with Gasteiger partial charge in [-0.25, -0.2) is 9.59 Å². The number of aromatic carboxylic acids is 1. The van der Waals surface area contributed by atoms with Gasteiger partial charge in [0.2, 0.25) is 0 Å². The SMILES string of the molecule is CCC1(CNC(=O)Nc2ccc(C(=O)O)cc2O)CC1. The highest BCUT2D eigenvalue weighted by molar-refractivity contribution is 5.93. The van der Waals surface area contributed by atoms with Gasteiger partial charge in [-0.2, -0.15) is 0 Å². The van der Waals surface area contributed by atoms with Gasteiger partial charge in [0.1, 0.15) is 5.75 Å². The molecule has 1 aromatic carbocycles. The lowest BCUT2D eigenvalue weighted by Crippen LogP contribution is -2.33. The molecule has 4 N–H and O–H groups in total. The molecule has 0 aliphatic heterocycles. The lowest BCUT2D eigenvalue weighted by molar-refractivity contribution is 0.0696. The number of hydrogen-bond acceptors (Lipinski definition) is 3. The molecule has 0 atom stereocenters. The Kier molecular flexibility index (Phi) is 3.83. The molecule has 1 aliphatic carbocycles. The first-order chi connectivity index (χ1) is 9.46. The van der Waals surface area contributed by atoms with Crippen molar-refractivity contribution < 1.29 is 19.8 Å². The molecular weight excluding hydrogens is 260 g/mol. The second-order valence-corrected chi connectivity index (χ2v) is 5.20. The molecule has 1 fully saturated rings. The van der Waals surface area contributed by atoms with Crippen LogP contribution in [0.2, 0.25) is 0 Å². The number of phenolic OH excluding ortho intramolecular Hbond substituents is 1. The first-order valence-electron chi connectivity index (χ1n) is 6.57. The minimum absolute atomic E-state index is 0.0311. The standard InChI is InChI=1S/C14H18N2O4/c1-2-14(5-6-14)8-15-13(20)16-10-4-3-9(12(18)19)7-11(10)17/h3-4,7,17H,2,5-6,8H2,1H3,(H,18,19)(H2,15,16,20). The van der Waals surface area contributed by atoms with Crippen molar-refractivity contribution in [2.75, 3.05) is 11.9 Å². The summed E-state index contributed by atoms with van der Waals surface area (Å²) in [5, 5.41) is 23.7. The zero-order valence-corrected chi connectivity index (χ0v) is 11.3. The van der Waals surface area contributed by atoms with E-state index in [1.54, 1.807) is 0 Å². The summed E-state index contributed by atoms with van der Waals surface area (Å²) in [6, 6.07) is 3.40. The third kappa shape index (κ3) is 3.20. The Bertz CT molecular complexity index is 538. The molecule has 0 spiro atoms. The summed E-state index contributed by atoms with van der Waals surface area (Å²) < 4.78 is 0. The molecule has 6 heteroatoms. The zero-order chi connectivity index (χ0) is 14.8. The topological polar surface area (TPSA) is 98.7 Å². The Morgan fingerprint density at radius 1 is 1.35 bits per heavy atom. The number of carbonyl (C=O) groups is 2. The number of carboxylic acids is 1. The van der Waals surface area contributed by atoms with Crippen molar-refractivity contribution in [3.05, 3.63) is 23.8 Å². The molecule has 0 saturated heterocycles. The van der Waals surface area contributed by atoms with Gasteiger partial charge in [0.15, 0.2) is 0 Å². The minimum Gasteiger partial charge on any atom is -0.506 e. The number of carboxylic acid groups (broad SMARTS) is 1. The van der Waals surface area contributed by atoms with Gasteiger partial charge in [0.05, 0.1) is 11.3 Å². The van der Waals surface area contributed by atoms with Crippen molar-refractivity contribution in [1.82, 2.24) is 5.32 Å². The Morgan fingerprint density at radius 3 is 2.55 bits per heavy atom. The quantitative estimate of drug-likeness (QED) is 0.621. The van der Waals surface area contributed by atoms with Gasteiger partial charge in [0, 0.05) is 6.54 Å². The van der Waals surface area contributed by atoms with Crippen LogP contribution in [0, 0.1) is 5.41 Å². The maximum Gasteiger partial charge on any atom is 0.335 e. The number of benzene rings is 1. The number of rotatable bonds is 5. The van der Waals surface area contributed by atoms with Crippen LogP contribution in [0.5, 0.6) is 5.75 Å². The molecule has 6 nitrogen and oxygen atoms in total. The molecule has 1 aliphatic rings. The summed E-state index contributed by atoms with van der Waals surface area (Å²) in [6.45, 7) is 2.71. The molecule has 0 radical (unpaired) electrons. The van der Waals surface area contributed by atoms with Crippen molar-refractivity contribution in [3.63, 3.8) is 0 Å². The van der Waals surface area contributed by atoms with Crippen LogP contribution < -0.4 is 10.6 Å². The Balaban J connectivity index is 1.92. The largest absolute Gasteiger partial charge is 0.506 e. The molecule has 1 aromatic rings. The number of nitrogens with one attached hydrogen (secondary N) is 2. The number of phenols is 1. The van der Waals surface area contributed by atoms with E-state index < -0.39 is 12.0 Å². The predicted octanol–water partition coefficient (Wildman–Crippen LogP) is 2.40. The van der Waals surface area contributed by atoms with Gasteiger partial charge in [-0.15, -0.1) is 0 Å². The van der Waals surface area contributed by atoms with Crippen LogP contribution in [0.4, 0.5) is 10.5 Å². The molecule has 108 valence electrons. The lowest BCUT2D eigenvalue weighted by atomic mass is 10.0. The molecule has 2 amide bonds. The van der Waals surface area contributed by atoms with Crippen LogP contribution in [0.15, 0.2) is 18.2 Å². The highest BCUT2D eigenvalue weighted by Crippen LogP contribution is 2.47. The van der Waals surface area contributed by atoms with Crippen LogP contribution >= 0.6 is 0 Å². The predicted molar refractivity (Wildman–Crippen MR) is 74.0 cm³/mol. The van der Waals surface area contributed by atoms with E-state index in [4.69, 9.17) is 5.11 Å². The summed E-state index contributed by atoms with van der Waals surface area (Å²) >= 11 is 0. The molecule has 0 heterocycles. The summed E-state index contributed by atoms with van der Waals surface area (Å²) in [5.41, 5.74) is 0.400. The second kappa shape index (κ2) is 5.40. The van der Waals surface area contributed by atoms with Crippen molar-refractivity contribution >= 4 is 17.7 Å². The summed E-state index contributed by atoms with van der Waals surface area (Å²) in [6.07, 6.45) is 3.29. The molecule has 0 bridgehead atoms. The second-order valence-electron chi connectivity index (χ2n) is 5.20. The average molecular weight is 278 g/mol. The average Bonchev–Trinajstić information content (AvgIpc) is 3.19. The normalized spacial score (nSPS) is 15.4. The van der Waals surface area contributed by atoms with Gasteiger partial charge in [-0.1, -0.05) is 6.92 Å². The summed E-state index contributed by atoms with van der Waals surface area (Å²) in [4.78, 5) is 22.5. The van der Waals surface area contributed by atoms with E-state index >= 15 is 0 Å². The van der Waals surface area contributed by atoms with Crippen molar-refractivity contribution in [2.24, 2.45) is 5.41 Å². The number of hydrogen-bond donors (Lipinski definition) is 4. The highest BCUT2D eigenvalue weighted by atomic mass is 16.4. The molecular formula is C14H18N2O4. The number of carbonyl (C=O) groups excluding carboxylic acids is 1. The first-order valence-corrected chi connectivity index (χ1v) is 6.57. The van der Waals surface area contributed by atoms with E-state index in [2.05, 4.69) is 17.6 Å². The molecule has 2 rings (SSSR count). The smallest absolute Gasteiger partial charge is 0.335 e. The number of amides is 2. The van der Waals surface area contributed by atoms with Gasteiger partial charge >= 0.3 is 12.0 Å². The zero-order valence-electron chi connectivity index (χ0n) is 11.3. The van der Waals surface area contributed by atoms with Crippen molar-refractivity contribution in [2.45, 2.75) is 26.2 Å². The molecule has 0 aromatic heterocycles. The van der Waals surface area contributed by atoms with Crippen LogP contribution in [-0.2, 0) is 0 Å². The lowest BCUT2D eigenvalue weighted by Gasteiger charge is -2.14. The van der Waals surface area contributed by atoms with E-state index in [1.807, 2.05) is 0 Å². The third-order valence-electron chi connectivity index (χ3n) is 3.82. The van der Waals surface area contributed by atoms with Gasteiger partial charge < -0.3 is 20.8 Å². The first kappa shape index (κ1) is 14.2. The molecule has 1 saturated carbocycles. The van der Waals surface area contributed by atoms with Crippen LogP contribution in [0.25, 0.3) is 0 Å². The maximum atomic E-state index is 11.7. The van der Waals surface area contributed by atoms with Crippen molar-refractivity contribution in [1.29, 1.82) is 0 Å². The molecule has 20 heavy (non-hydrogen) atoms. The van der Waals surface area contributed by atoms with E-state index in [-0.39, 0.29) is 22.4 Å². The van der Waals surface area contributed by atoms with E-state index in [0.29, 0.717) is 6.54 Å². The fourth-order valence-corrected chi connectivity index (χ4v) is 2.04. The van der Waals surface area contributed by atoms with E-state index in [0.717, 1.165) is 25.3 Å². The fourth-order valence-electron chi connectivity index (χ4n) is 2.04. The van der Waals surface area contributed by atoms with Gasteiger partial charge in [0.25, 0.3) is 0 Å². The van der Waals surface area contributed by atoms with E-state index in [1.165, 1.54) is 12.1 Å². The Morgan fingerprint density at radius 2 is 2.05 bits per heavy atom. The van der Waals surface area contributed by atoms with Crippen molar-refractivity contribution in [3.8, 4) is 5.75 Å². The third-order valence-corrected chi connectivity index (χ3v) is 3.82. The van der Waals surface area contributed by atoms with Crippen LogP contribution in [-0.4, -0.2) is 28.8 Å². The Hall–Kier alpha value is -2.24. The van der Waals surface area contributed by atoms with E-state index in [9.17, 15) is 14.7 Å². The fraction of sp³-hybridized carbons (Fsp3) is 0.429. The summed E-state index contributed by atoms with van der Waals surface area (Å²) in [7, 11) is 0. The molecule has 0 unspecified atom stereocenters. The minimum atomic E-state index is -1.13. The van der Waals surface area contributed by atoms with Gasteiger partial charge in [-0.3, -0.25) is 0 Å². The van der Waals surface area contributed by atoms with Gasteiger partial charge in [-0.05, 0) is 42.9 Å². The highest BCUT2D eigenvalue weighted by Gasteiger charge is 2.40. The monoisotopic (exact) mass is 278 g/mol. The maximum absolute atomic E-state index is 11.7. The van der Waals surface area contributed by atoms with Crippen LogP contribution in [0.1, 0.15) is 36.5 Å².